The molecule has 0 amide bonds. The maximum absolute atomic E-state index is 6.28. The van der Waals surface area contributed by atoms with Crippen molar-refractivity contribution < 1.29 is 0 Å². The van der Waals surface area contributed by atoms with Gasteiger partial charge in [-0.1, -0.05) is 0 Å². The Labute approximate surface area is 139 Å². The monoisotopic (exact) mass is 394 g/mol. The predicted octanol–water partition coefficient (Wildman–Crippen LogP) is 5.60. The van der Waals surface area contributed by atoms with E-state index in [9.17, 15) is 0 Å². The second-order valence-electron chi connectivity index (χ2n) is 4.21. The molecule has 2 nitrogen and oxygen atoms in total. The zero-order valence-electron chi connectivity index (χ0n) is 10.3. The molecule has 0 aromatic heterocycles. The van der Waals surface area contributed by atoms with Gasteiger partial charge in [-0.25, -0.2) is 0 Å². The molecule has 0 fully saturated rings. The van der Waals surface area contributed by atoms with Crippen LogP contribution in [-0.4, -0.2) is 19.6 Å². The molecule has 1 aromatic rings. The number of alkyl halides is 1. The predicted molar refractivity (Wildman–Crippen MR) is 94.6 cm³/mol. The molecule has 0 atom stereocenters. The average Bonchev–Trinajstić information content (AvgIpc) is 2.27. The zero-order chi connectivity index (χ0) is 14.5. The molecule has 0 unspecified atom stereocenters. The smallest absolute Gasteiger partial charge is 0.350 e. The minimum atomic E-state index is -2.48. The zero-order valence-corrected chi connectivity index (χ0v) is 16.1. The van der Waals surface area contributed by atoms with Crippen LogP contribution in [0.3, 0.4) is 0 Å². The number of hydrogen-bond donors (Lipinski definition) is 2. The summed E-state index contributed by atoms with van der Waals surface area (Å²) < 4.78 is 0. The number of hydrogen-bond acceptors (Lipinski definition) is 2. The van der Waals surface area contributed by atoms with Crippen molar-refractivity contribution >= 4 is 81.0 Å². The first-order valence-corrected chi connectivity index (χ1v) is 15.0. The van der Waals surface area contributed by atoms with Gasteiger partial charge in [0.15, 0.2) is 0 Å². The van der Waals surface area contributed by atoms with Crippen LogP contribution in [-0.2, 0) is 0 Å². The number of nitrogens with one attached hydrogen (secondary N) is 2. The van der Waals surface area contributed by atoms with Gasteiger partial charge in [0.25, 0.3) is 0 Å². The molecule has 0 aliphatic carbocycles. The normalized spacial score (nSPS) is 12.3. The van der Waals surface area contributed by atoms with E-state index in [-0.39, 0.29) is 0 Å². The van der Waals surface area contributed by atoms with E-state index in [1.807, 2.05) is 24.3 Å². The summed E-state index contributed by atoms with van der Waals surface area (Å²) in [6.45, 7) is -3.05. The third-order valence-corrected chi connectivity index (χ3v) is 7.10. The molecule has 0 saturated heterocycles. The second-order valence-corrected chi connectivity index (χ2v) is 18.3. The lowest BCUT2D eigenvalue weighted by atomic mass is 10.3. The average molecular weight is 397 g/mol. The lowest BCUT2D eigenvalue weighted by Crippen LogP contribution is -2.31. The minimum absolute atomic E-state index is 0.563. The van der Waals surface area contributed by atoms with E-state index in [1.165, 1.54) is 0 Å². The van der Waals surface area contributed by atoms with Crippen LogP contribution in [0.4, 0.5) is 11.4 Å². The van der Waals surface area contributed by atoms with Crippen molar-refractivity contribution in [2.24, 2.45) is 0 Å². The van der Waals surface area contributed by atoms with E-state index in [4.69, 9.17) is 55.9 Å². The van der Waals surface area contributed by atoms with Crippen LogP contribution in [0, 0.1) is 0 Å². The second kappa shape index (κ2) is 7.64. The van der Waals surface area contributed by atoms with E-state index in [0.29, 0.717) is 11.9 Å². The molecule has 19 heavy (non-hydrogen) atoms. The van der Waals surface area contributed by atoms with Gasteiger partial charge in [0, 0.05) is 17.3 Å². The van der Waals surface area contributed by atoms with E-state index >= 15 is 0 Å². The first-order chi connectivity index (χ1) is 8.72. The Morgan fingerprint density at radius 2 is 1.42 bits per heavy atom. The molecule has 9 heteroatoms. The standard InChI is InChI=1S/C10H15Cl5N2Si2/c1-18(12,13)16-9-3-5-10(6-4-9)17-19(14,15)8-2-7-11/h3-6,16-17H,2,7-8H2,1H3. The highest BCUT2D eigenvalue weighted by molar-refractivity contribution is 7.46. The number of anilines is 2. The molecular formula is C10H15Cl5N2Si2. The van der Waals surface area contributed by atoms with Crippen molar-refractivity contribution in [3.05, 3.63) is 24.3 Å². The largest absolute Gasteiger partial charge is 0.387 e. The molecule has 0 saturated carbocycles. The van der Waals surface area contributed by atoms with Crippen molar-refractivity contribution in [2.75, 3.05) is 15.8 Å². The minimum Gasteiger partial charge on any atom is -0.387 e. The van der Waals surface area contributed by atoms with E-state index in [0.717, 1.165) is 17.8 Å². The topological polar surface area (TPSA) is 24.1 Å². The molecular weight excluding hydrogens is 382 g/mol. The van der Waals surface area contributed by atoms with Crippen LogP contribution in [0.25, 0.3) is 0 Å². The lowest BCUT2D eigenvalue weighted by Gasteiger charge is -2.20. The van der Waals surface area contributed by atoms with Crippen LogP contribution >= 0.6 is 55.9 Å². The number of benzene rings is 1. The molecule has 0 aliphatic heterocycles. The van der Waals surface area contributed by atoms with E-state index in [2.05, 4.69) is 9.96 Å². The van der Waals surface area contributed by atoms with Gasteiger partial charge in [-0.15, -0.1) is 55.9 Å². The first-order valence-electron chi connectivity index (χ1n) is 5.70. The third-order valence-electron chi connectivity index (χ3n) is 2.20. The van der Waals surface area contributed by atoms with Crippen LogP contribution in [0.15, 0.2) is 24.3 Å². The Morgan fingerprint density at radius 1 is 0.947 bits per heavy atom. The van der Waals surface area contributed by atoms with Crippen molar-refractivity contribution in [3.8, 4) is 0 Å². The summed E-state index contributed by atoms with van der Waals surface area (Å²) in [5.41, 5.74) is 1.76. The molecule has 0 spiro atoms. The maximum Gasteiger partial charge on any atom is 0.350 e. The number of halogens is 5. The molecule has 2 N–H and O–H groups in total. The van der Waals surface area contributed by atoms with Gasteiger partial charge in [0.2, 0.25) is 0 Å². The van der Waals surface area contributed by atoms with Gasteiger partial charge in [0.1, 0.15) is 0 Å². The van der Waals surface area contributed by atoms with Gasteiger partial charge < -0.3 is 9.96 Å². The van der Waals surface area contributed by atoms with Gasteiger partial charge in [-0.3, -0.25) is 0 Å². The summed E-state index contributed by atoms with van der Waals surface area (Å²) in [4.78, 5) is 6.25. The molecule has 1 aromatic carbocycles. The Hall–Kier alpha value is 0.704. The summed E-state index contributed by atoms with van der Waals surface area (Å²) in [5, 5.41) is 0. The fraction of sp³-hybridized carbons (Fsp3) is 0.400. The van der Waals surface area contributed by atoms with Crippen molar-refractivity contribution in [1.29, 1.82) is 0 Å². The Kier molecular flexibility index (Phi) is 7.14. The summed E-state index contributed by atoms with van der Waals surface area (Å²) in [6, 6.07) is 8.26. The van der Waals surface area contributed by atoms with Crippen molar-refractivity contribution in [2.45, 2.75) is 19.0 Å². The SMILES string of the molecule is C[Si](Cl)(Cl)Nc1ccc(N[Si](Cl)(Cl)CCCCl)cc1. The number of rotatable bonds is 7. The molecule has 108 valence electrons. The van der Waals surface area contributed by atoms with Crippen LogP contribution in [0.1, 0.15) is 6.42 Å². The summed E-state index contributed by atoms with van der Waals surface area (Å²) >= 11 is 30.2. The van der Waals surface area contributed by atoms with Crippen LogP contribution in [0.5, 0.6) is 0 Å². The van der Waals surface area contributed by atoms with Gasteiger partial charge in [-0.2, -0.15) is 0 Å². The highest BCUT2D eigenvalue weighted by Gasteiger charge is 2.28. The maximum atomic E-state index is 6.28. The molecule has 0 aliphatic rings. The highest BCUT2D eigenvalue weighted by atomic mass is 35.7. The quantitative estimate of drug-likeness (QED) is 0.356. The van der Waals surface area contributed by atoms with Crippen molar-refractivity contribution in [3.63, 3.8) is 0 Å². The fourth-order valence-corrected chi connectivity index (χ4v) is 5.93. The molecule has 0 radical (unpaired) electrons. The van der Waals surface area contributed by atoms with Gasteiger partial charge in [0.05, 0.1) is 0 Å². The van der Waals surface area contributed by atoms with Crippen molar-refractivity contribution in [1.82, 2.24) is 0 Å². The van der Waals surface area contributed by atoms with Gasteiger partial charge >= 0.3 is 13.7 Å². The fourth-order valence-electron chi connectivity index (χ4n) is 1.45. The summed E-state index contributed by atoms with van der Waals surface area (Å²) in [5.74, 6) is 0.563. The molecule has 1 rings (SSSR count). The van der Waals surface area contributed by atoms with E-state index < -0.39 is 13.7 Å². The highest BCUT2D eigenvalue weighted by Crippen LogP contribution is 2.26. The summed E-state index contributed by atoms with van der Waals surface area (Å²) in [7, 11) is 0. The third kappa shape index (κ3) is 7.90. The summed E-state index contributed by atoms with van der Waals surface area (Å²) in [6.07, 6.45) is 0.801. The Bertz CT molecular complexity index is 394. The lowest BCUT2D eigenvalue weighted by molar-refractivity contribution is 1.08. The molecule has 0 bridgehead atoms. The Morgan fingerprint density at radius 3 is 1.84 bits per heavy atom. The van der Waals surface area contributed by atoms with E-state index in [1.54, 1.807) is 6.55 Å². The molecule has 0 heterocycles. The first kappa shape index (κ1) is 17.8. The Balaban J connectivity index is 2.61. The van der Waals surface area contributed by atoms with Crippen LogP contribution in [0.2, 0.25) is 12.6 Å². The van der Waals surface area contributed by atoms with Crippen LogP contribution < -0.4 is 9.96 Å². The van der Waals surface area contributed by atoms with Gasteiger partial charge in [-0.05, 0) is 43.3 Å².